The highest BCUT2D eigenvalue weighted by Gasteiger charge is 2.25. The van der Waals surface area contributed by atoms with E-state index in [1.54, 1.807) is 0 Å². The fourth-order valence-electron chi connectivity index (χ4n) is 4.43. The third-order valence-corrected chi connectivity index (χ3v) is 8.04. The predicted molar refractivity (Wildman–Crippen MR) is 178 cm³/mol. The number of carbonyl (C=O) groups is 2. The number of unbranched alkanes of at least 4 members (excludes halogenated alkanes) is 15. The van der Waals surface area contributed by atoms with E-state index in [-0.39, 0.29) is 32.6 Å². The number of ether oxygens (including phenoxy) is 2. The van der Waals surface area contributed by atoms with Gasteiger partial charge in [-0.05, 0) is 57.8 Å². The van der Waals surface area contributed by atoms with Gasteiger partial charge in [0.05, 0.1) is 13.2 Å². The molecule has 0 bridgehead atoms. The summed E-state index contributed by atoms with van der Waals surface area (Å²) >= 11 is 0. The lowest BCUT2D eigenvalue weighted by atomic mass is 10.1. The first kappa shape index (κ1) is 42.5. The van der Waals surface area contributed by atoms with Gasteiger partial charge in [-0.2, -0.15) is 0 Å². The average Bonchev–Trinajstić information content (AvgIpc) is 3.00. The van der Waals surface area contributed by atoms with Crippen molar-refractivity contribution in [3.05, 3.63) is 24.3 Å². The van der Waals surface area contributed by atoms with Crippen LogP contribution in [0.15, 0.2) is 24.3 Å². The Bertz CT molecular complexity index is 789. The Hall–Kier alpha value is -1.51. The maximum atomic E-state index is 12.4. The molecule has 0 aliphatic heterocycles. The summed E-state index contributed by atoms with van der Waals surface area (Å²) in [5.41, 5.74) is 5.31. The molecule has 0 aromatic rings. The summed E-state index contributed by atoms with van der Waals surface area (Å²) in [6.45, 7) is 3.62. The summed E-state index contributed by atoms with van der Waals surface area (Å²) in [5, 5.41) is 0. The molecule has 2 atom stereocenters. The highest BCUT2D eigenvalue weighted by Crippen LogP contribution is 2.43. The number of phosphoric ester groups is 1. The van der Waals surface area contributed by atoms with E-state index in [1.165, 1.54) is 38.5 Å². The van der Waals surface area contributed by atoms with Gasteiger partial charge in [-0.3, -0.25) is 18.6 Å². The van der Waals surface area contributed by atoms with Crippen molar-refractivity contribution in [3.63, 3.8) is 0 Å². The molecule has 10 heteroatoms. The van der Waals surface area contributed by atoms with Crippen LogP contribution in [0.25, 0.3) is 0 Å². The van der Waals surface area contributed by atoms with Crippen molar-refractivity contribution in [3.8, 4) is 0 Å². The lowest BCUT2D eigenvalue weighted by molar-refractivity contribution is -0.161. The smallest absolute Gasteiger partial charge is 0.462 e. The second-order valence-corrected chi connectivity index (χ2v) is 12.8. The summed E-state index contributed by atoms with van der Waals surface area (Å²) in [5.74, 6) is -0.854. The molecule has 9 nitrogen and oxygen atoms in total. The number of hydrogen-bond donors (Lipinski definition) is 2. The van der Waals surface area contributed by atoms with Crippen molar-refractivity contribution in [2.45, 2.75) is 155 Å². The van der Waals surface area contributed by atoms with Crippen LogP contribution in [0.3, 0.4) is 0 Å². The Kier molecular flexibility index (Phi) is 30.4. The van der Waals surface area contributed by atoms with Gasteiger partial charge in [-0.1, -0.05) is 102 Å². The Morgan fingerprint density at radius 2 is 1.14 bits per heavy atom. The van der Waals surface area contributed by atoms with Gasteiger partial charge in [0, 0.05) is 19.4 Å². The molecule has 0 amide bonds. The molecule has 0 saturated carbocycles. The monoisotopic (exact) mass is 645 g/mol. The van der Waals surface area contributed by atoms with Crippen LogP contribution in [0, 0.1) is 0 Å². The number of carbonyl (C=O) groups excluding carboxylic acids is 2. The predicted octanol–water partition coefficient (Wildman–Crippen LogP) is 8.88. The van der Waals surface area contributed by atoms with E-state index < -0.39 is 32.5 Å². The number of allylic oxidation sites excluding steroid dienone is 4. The van der Waals surface area contributed by atoms with Crippen LogP contribution < -0.4 is 5.73 Å². The molecule has 0 aromatic heterocycles. The van der Waals surface area contributed by atoms with Gasteiger partial charge in [-0.25, -0.2) is 4.57 Å². The van der Waals surface area contributed by atoms with E-state index in [1.807, 2.05) is 0 Å². The molecule has 0 radical (unpaired) electrons. The minimum atomic E-state index is -4.37. The Labute approximate surface area is 268 Å². The Balaban J connectivity index is 4.30. The first-order valence-corrected chi connectivity index (χ1v) is 18.8. The van der Waals surface area contributed by atoms with Crippen LogP contribution >= 0.6 is 7.82 Å². The molecular formula is C34H64NO8P. The zero-order valence-corrected chi connectivity index (χ0v) is 28.8. The maximum Gasteiger partial charge on any atom is 0.472 e. The quantitative estimate of drug-likeness (QED) is 0.0318. The van der Waals surface area contributed by atoms with Crippen LogP contribution in [-0.2, 0) is 32.7 Å². The first-order chi connectivity index (χ1) is 21.3. The summed E-state index contributed by atoms with van der Waals surface area (Å²) in [6.07, 6.45) is 29.2. The number of rotatable bonds is 32. The number of hydrogen-bond acceptors (Lipinski definition) is 8. The average molecular weight is 646 g/mol. The fourth-order valence-corrected chi connectivity index (χ4v) is 5.20. The molecule has 1 unspecified atom stereocenters. The normalized spacial score (nSPS) is 13.8. The molecule has 0 fully saturated rings. The van der Waals surface area contributed by atoms with Crippen molar-refractivity contribution >= 4 is 19.8 Å². The summed E-state index contributed by atoms with van der Waals surface area (Å²) in [7, 11) is -4.37. The largest absolute Gasteiger partial charge is 0.472 e. The van der Waals surface area contributed by atoms with E-state index in [4.69, 9.17) is 24.3 Å². The zero-order chi connectivity index (χ0) is 32.6. The minimum absolute atomic E-state index is 0.0514. The molecule has 0 aliphatic carbocycles. The third kappa shape index (κ3) is 30.5. The molecule has 0 aromatic carbocycles. The van der Waals surface area contributed by atoms with Crippen molar-refractivity contribution < 1.29 is 37.6 Å². The van der Waals surface area contributed by atoms with Gasteiger partial charge in [-0.15, -0.1) is 0 Å². The van der Waals surface area contributed by atoms with Crippen LogP contribution in [0.1, 0.15) is 149 Å². The minimum Gasteiger partial charge on any atom is -0.462 e. The van der Waals surface area contributed by atoms with E-state index in [2.05, 4.69) is 38.2 Å². The molecule has 0 spiro atoms. The van der Waals surface area contributed by atoms with Crippen molar-refractivity contribution in [2.24, 2.45) is 5.73 Å². The van der Waals surface area contributed by atoms with Crippen LogP contribution in [0.4, 0.5) is 0 Å². The van der Waals surface area contributed by atoms with E-state index in [9.17, 15) is 19.0 Å². The number of phosphoric acid groups is 1. The maximum absolute atomic E-state index is 12.4. The van der Waals surface area contributed by atoms with Crippen LogP contribution in [0.5, 0.6) is 0 Å². The summed E-state index contributed by atoms with van der Waals surface area (Å²) in [4.78, 5) is 34.5. The SMILES string of the molecule is CCCC/C=C\CCCCCCCC(=O)O[C@H](COC(=O)CCCCCCC/C=C\CCCCC)COP(=O)(O)OCCN. The van der Waals surface area contributed by atoms with Gasteiger partial charge >= 0.3 is 19.8 Å². The number of esters is 2. The van der Waals surface area contributed by atoms with Gasteiger partial charge < -0.3 is 20.1 Å². The fraction of sp³-hybridized carbons (Fsp3) is 0.824. The molecule has 258 valence electrons. The molecule has 0 saturated heterocycles. The van der Waals surface area contributed by atoms with E-state index in [0.717, 1.165) is 77.0 Å². The van der Waals surface area contributed by atoms with Gasteiger partial charge in [0.2, 0.25) is 0 Å². The first-order valence-electron chi connectivity index (χ1n) is 17.3. The summed E-state index contributed by atoms with van der Waals surface area (Å²) < 4.78 is 32.5. The Morgan fingerprint density at radius 1 is 0.659 bits per heavy atom. The van der Waals surface area contributed by atoms with Crippen molar-refractivity contribution in [1.29, 1.82) is 0 Å². The second-order valence-electron chi connectivity index (χ2n) is 11.4. The van der Waals surface area contributed by atoms with Crippen LogP contribution in [0.2, 0.25) is 0 Å². The van der Waals surface area contributed by atoms with E-state index >= 15 is 0 Å². The highest BCUT2D eigenvalue weighted by molar-refractivity contribution is 7.47. The molecule has 0 heterocycles. The molecular weight excluding hydrogens is 581 g/mol. The summed E-state index contributed by atoms with van der Waals surface area (Å²) in [6, 6.07) is 0. The van der Waals surface area contributed by atoms with E-state index in [0.29, 0.717) is 6.42 Å². The molecule has 3 N–H and O–H groups in total. The van der Waals surface area contributed by atoms with Crippen molar-refractivity contribution in [1.82, 2.24) is 0 Å². The third-order valence-electron chi connectivity index (χ3n) is 7.06. The van der Waals surface area contributed by atoms with Gasteiger partial charge in [0.15, 0.2) is 6.10 Å². The topological polar surface area (TPSA) is 134 Å². The molecule has 44 heavy (non-hydrogen) atoms. The lowest BCUT2D eigenvalue weighted by Crippen LogP contribution is -2.29. The highest BCUT2D eigenvalue weighted by atomic mass is 31.2. The van der Waals surface area contributed by atoms with Gasteiger partial charge in [0.1, 0.15) is 6.61 Å². The van der Waals surface area contributed by atoms with Crippen LogP contribution in [-0.4, -0.2) is 49.3 Å². The zero-order valence-electron chi connectivity index (χ0n) is 27.9. The van der Waals surface area contributed by atoms with Gasteiger partial charge in [0.25, 0.3) is 0 Å². The number of nitrogens with two attached hydrogens (primary N) is 1. The lowest BCUT2D eigenvalue weighted by Gasteiger charge is -2.19. The Morgan fingerprint density at radius 3 is 1.68 bits per heavy atom. The van der Waals surface area contributed by atoms with Crippen molar-refractivity contribution in [2.75, 3.05) is 26.4 Å². The second kappa shape index (κ2) is 31.5. The standard InChI is InChI=1S/C34H64NO8P/c1-3-5-7-9-11-13-15-17-18-20-22-24-26-33(36)40-30-32(31-42-44(38,39)41-29-28-35)43-34(37)27-25-23-21-19-16-14-12-10-8-6-4-2/h10-13,32H,3-9,14-31,35H2,1-2H3,(H,38,39)/b12-10-,13-11-/t32-/m1/s1. The molecule has 0 aliphatic rings. The molecule has 0 rings (SSSR count).